The van der Waals surface area contributed by atoms with E-state index in [2.05, 4.69) is 392 Å². The van der Waals surface area contributed by atoms with E-state index in [1.165, 1.54) is 99.2 Å². The molecule has 1 aliphatic rings. The summed E-state index contributed by atoms with van der Waals surface area (Å²) in [6, 6.07) is 117. The standard InChI is InChI=1S/C33H24BrNS.C30H18BrNOS.C28H18BrNS/c1-33(2)28-14-8-6-12-24(28)26-18-22(16-17-29(26)33)35(21-10-4-3-5-11-21)23-19-27-25-13-7-9-15-31(25)36-32(27)30(34)20-23;31-26-18-21(17-25-23-11-5-7-13-29(23)34-30(25)26)32(19-8-2-1-3-9-19)20-14-15-28-24(16-20)22-10-4-6-12-27(22)33-28;29-26-18-22(30(20-10-3-1-4-11-20)21-12-5-2-6-13-21)17-25-24-16-15-19-9-7-8-14-23(19)27(24)31-28(25)26/h3-20H,1-2H3;1-18H;1-18H. The Morgan fingerprint density at radius 3 is 1.21 bits per heavy atom. The second-order valence-corrected chi connectivity index (χ2v) is 31.6. The second kappa shape index (κ2) is 26.1. The molecule has 0 radical (unpaired) electrons. The van der Waals surface area contributed by atoms with Gasteiger partial charge in [-0.05, 0) is 214 Å². The molecular weight excluding hydrogens is 1490 g/mol. The molecule has 0 amide bonds. The highest BCUT2D eigenvalue weighted by Gasteiger charge is 2.36. The Morgan fingerprint density at radius 1 is 0.257 bits per heavy atom. The first kappa shape index (κ1) is 63.1. The molecule has 0 saturated heterocycles. The minimum atomic E-state index is -0.000432. The number of para-hydroxylation sites is 5. The summed E-state index contributed by atoms with van der Waals surface area (Å²) in [5.41, 5.74) is 17.5. The molecule has 10 heteroatoms. The highest BCUT2D eigenvalue weighted by Crippen LogP contribution is 2.53. The van der Waals surface area contributed by atoms with Crippen molar-refractivity contribution in [1.82, 2.24) is 0 Å². The molecule has 0 spiro atoms. The van der Waals surface area contributed by atoms with Gasteiger partial charge in [0.05, 0.1) is 0 Å². The van der Waals surface area contributed by atoms with Crippen LogP contribution in [0.5, 0.6) is 0 Å². The maximum absolute atomic E-state index is 6.09. The van der Waals surface area contributed by atoms with Gasteiger partial charge in [-0.2, -0.15) is 0 Å². The first-order chi connectivity index (χ1) is 49.6. The molecule has 15 aromatic carbocycles. The van der Waals surface area contributed by atoms with Crippen molar-refractivity contribution >= 4 is 226 Å². The van der Waals surface area contributed by atoms with Gasteiger partial charge in [-0.1, -0.05) is 208 Å². The molecule has 19 aromatic rings. The SMILES string of the molecule is Brc1cc(N(c2ccccc2)c2ccc3oc4ccccc4c3c2)cc2c1sc1ccccc12.Brc1cc(N(c2ccccc2)c2ccccc2)cc2c1sc1c3ccccc3ccc21.CC1(C)c2ccccc2-c2cc(N(c3ccccc3)c3cc(Br)c4sc5ccccc5c4c3)ccc21. The molecule has 0 unspecified atom stereocenters. The summed E-state index contributed by atoms with van der Waals surface area (Å²) in [7, 11) is 0. The largest absolute Gasteiger partial charge is 0.456 e. The lowest BCUT2D eigenvalue weighted by molar-refractivity contribution is 0.660. The number of rotatable bonds is 9. The van der Waals surface area contributed by atoms with Crippen molar-refractivity contribution in [3.05, 3.63) is 352 Å². The van der Waals surface area contributed by atoms with E-state index >= 15 is 0 Å². The molecule has 0 aliphatic heterocycles. The van der Waals surface area contributed by atoms with Crippen molar-refractivity contribution in [2.24, 2.45) is 0 Å². The molecule has 4 aromatic heterocycles. The van der Waals surface area contributed by atoms with Crippen LogP contribution in [0.3, 0.4) is 0 Å². The lowest BCUT2D eigenvalue weighted by Gasteiger charge is -2.27. The Balaban J connectivity index is 0.000000109. The van der Waals surface area contributed by atoms with Crippen LogP contribution in [0.1, 0.15) is 25.0 Å². The summed E-state index contributed by atoms with van der Waals surface area (Å²) in [6.07, 6.45) is 0. The molecule has 4 nitrogen and oxygen atoms in total. The molecule has 0 bridgehead atoms. The van der Waals surface area contributed by atoms with Crippen LogP contribution in [-0.4, -0.2) is 0 Å². The van der Waals surface area contributed by atoms with Gasteiger partial charge < -0.3 is 19.1 Å². The average Bonchev–Trinajstić information content (AvgIpc) is 1.59. The highest BCUT2D eigenvalue weighted by molar-refractivity contribution is 9.11. The normalized spacial score (nSPS) is 12.3. The van der Waals surface area contributed by atoms with Gasteiger partial charge in [0.15, 0.2) is 0 Å². The summed E-state index contributed by atoms with van der Waals surface area (Å²) in [6.45, 7) is 4.66. The van der Waals surface area contributed by atoms with Crippen molar-refractivity contribution in [3.8, 4) is 11.1 Å². The quantitative estimate of drug-likeness (QED) is 0.144. The van der Waals surface area contributed by atoms with E-state index in [4.69, 9.17) is 4.42 Å². The predicted octanol–water partition coefficient (Wildman–Crippen LogP) is 30.2. The van der Waals surface area contributed by atoms with Crippen LogP contribution in [0.4, 0.5) is 51.2 Å². The smallest absolute Gasteiger partial charge is 0.135 e. The first-order valence-corrected chi connectivity index (χ1v) is 38.4. The minimum Gasteiger partial charge on any atom is -0.456 e. The van der Waals surface area contributed by atoms with Crippen LogP contribution >= 0.6 is 81.8 Å². The van der Waals surface area contributed by atoms with Crippen molar-refractivity contribution in [3.63, 3.8) is 0 Å². The first-order valence-electron chi connectivity index (χ1n) is 33.6. The van der Waals surface area contributed by atoms with Crippen LogP contribution in [-0.2, 0) is 5.41 Å². The lowest BCUT2D eigenvalue weighted by atomic mass is 9.82. The summed E-state index contributed by atoms with van der Waals surface area (Å²) in [4.78, 5) is 7.01. The second-order valence-electron chi connectivity index (χ2n) is 25.9. The topological polar surface area (TPSA) is 22.9 Å². The van der Waals surface area contributed by atoms with Gasteiger partial charge in [0.1, 0.15) is 11.2 Å². The lowest BCUT2D eigenvalue weighted by Crippen LogP contribution is -2.15. The number of hydrogen-bond acceptors (Lipinski definition) is 7. The molecule has 4 heterocycles. The van der Waals surface area contributed by atoms with Gasteiger partial charge >= 0.3 is 0 Å². The van der Waals surface area contributed by atoms with Crippen LogP contribution in [0.25, 0.3) is 104 Å². The third-order valence-corrected chi connectivity index (χ3v) is 25.9. The number of anilines is 9. The van der Waals surface area contributed by atoms with Crippen molar-refractivity contribution in [2.75, 3.05) is 14.7 Å². The van der Waals surface area contributed by atoms with Gasteiger partial charge in [0.25, 0.3) is 0 Å². The van der Waals surface area contributed by atoms with E-state index in [0.717, 1.165) is 80.9 Å². The number of fused-ring (bicyclic) bond motifs is 17. The zero-order valence-electron chi connectivity index (χ0n) is 54.8. The van der Waals surface area contributed by atoms with Gasteiger partial charge in [-0.25, -0.2) is 0 Å². The maximum atomic E-state index is 6.09. The molecule has 0 fully saturated rings. The Kier molecular flexibility index (Phi) is 16.3. The van der Waals surface area contributed by atoms with Gasteiger partial charge in [-0.15, -0.1) is 34.0 Å². The molecular formula is C91H60Br3N3OS3. The Bertz CT molecular complexity index is 6350. The minimum absolute atomic E-state index is 0.000432. The number of hydrogen-bond donors (Lipinski definition) is 0. The van der Waals surface area contributed by atoms with Crippen LogP contribution in [0.2, 0.25) is 0 Å². The van der Waals surface area contributed by atoms with E-state index in [1.807, 2.05) is 46.1 Å². The van der Waals surface area contributed by atoms with Gasteiger partial charge in [-0.3, -0.25) is 0 Å². The molecule has 20 rings (SSSR count). The van der Waals surface area contributed by atoms with Gasteiger partial charge in [0, 0.05) is 141 Å². The number of nitrogens with zero attached hydrogens (tertiary/aromatic N) is 3. The van der Waals surface area contributed by atoms with E-state index in [1.54, 1.807) is 0 Å². The highest BCUT2D eigenvalue weighted by atomic mass is 79.9. The fourth-order valence-electron chi connectivity index (χ4n) is 14.8. The van der Waals surface area contributed by atoms with Crippen molar-refractivity contribution < 1.29 is 4.42 Å². The Hall–Kier alpha value is -10.1. The molecule has 0 saturated carbocycles. The van der Waals surface area contributed by atoms with E-state index in [-0.39, 0.29) is 5.41 Å². The monoisotopic (exact) mass is 1540 g/mol. The molecule has 101 heavy (non-hydrogen) atoms. The van der Waals surface area contributed by atoms with Crippen molar-refractivity contribution in [1.29, 1.82) is 0 Å². The van der Waals surface area contributed by atoms with E-state index in [9.17, 15) is 0 Å². The molecule has 1 aliphatic carbocycles. The van der Waals surface area contributed by atoms with Crippen LogP contribution < -0.4 is 14.7 Å². The zero-order chi connectivity index (χ0) is 67.9. The maximum Gasteiger partial charge on any atom is 0.135 e. The third kappa shape index (κ3) is 11.3. The fraction of sp³-hybridized carbons (Fsp3) is 0.0330. The number of halogens is 3. The average molecular weight is 1550 g/mol. The number of furan rings is 1. The van der Waals surface area contributed by atoms with E-state index in [0.29, 0.717) is 0 Å². The fourth-order valence-corrected chi connectivity index (χ4v) is 20.3. The Labute approximate surface area is 622 Å². The number of thiophene rings is 3. The summed E-state index contributed by atoms with van der Waals surface area (Å²) in [5, 5.41) is 12.6. The molecule has 0 N–H and O–H groups in total. The predicted molar refractivity (Wildman–Crippen MR) is 447 cm³/mol. The number of benzene rings is 15. The summed E-state index contributed by atoms with van der Waals surface area (Å²) in [5.74, 6) is 0. The summed E-state index contributed by atoms with van der Waals surface area (Å²) < 4.78 is 17.3. The van der Waals surface area contributed by atoms with Gasteiger partial charge in [0.2, 0.25) is 0 Å². The summed E-state index contributed by atoms with van der Waals surface area (Å²) >= 11 is 17.2. The molecule has 0 atom stereocenters. The third-order valence-electron chi connectivity index (χ3n) is 19.5. The van der Waals surface area contributed by atoms with Crippen molar-refractivity contribution in [2.45, 2.75) is 19.3 Å². The molecule has 484 valence electrons. The zero-order valence-corrected chi connectivity index (χ0v) is 62.0. The Morgan fingerprint density at radius 2 is 0.653 bits per heavy atom. The van der Waals surface area contributed by atoms with E-state index < -0.39 is 0 Å². The van der Waals surface area contributed by atoms with Crippen LogP contribution in [0, 0.1) is 0 Å². The van der Waals surface area contributed by atoms with Crippen LogP contribution in [0.15, 0.2) is 345 Å².